The van der Waals surface area contributed by atoms with Crippen LogP contribution >= 0.6 is 0 Å². The predicted molar refractivity (Wildman–Crippen MR) is 205 cm³/mol. The maximum absolute atomic E-state index is 4.95. The van der Waals surface area contributed by atoms with Gasteiger partial charge in [0.15, 0.2) is 0 Å². The number of nitrogens with zero attached hydrogens (tertiary/aromatic N) is 3. The first-order valence-corrected chi connectivity index (χ1v) is 16.9. The van der Waals surface area contributed by atoms with Gasteiger partial charge in [-0.05, 0) is 86.6 Å². The molecule has 0 aliphatic carbocycles. The number of anilines is 3. The Labute approximate surface area is 286 Å². The molecule has 8 rings (SSSR count). The molecule has 0 spiro atoms. The van der Waals surface area contributed by atoms with Crippen LogP contribution < -0.4 is 16.0 Å². The Morgan fingerprint density at radius 2 is 0.714 bits per heavy atom. The number of nitrogens with one attached hydrogen (secondary N) is 3. The third-order valence-corrected chi connectivity index (χ3v) is 9.50. The van der Waals surface area contributed by atoms with E-state index < -0.39 is 0 Å². The van der Waals surface area contributed by atoms with Crippen molar-refractivity contribution in [2.24, 2.45) is 0 Å². The molecule has 1 aromatic heterocycles. The third kappa shape index (κ3) is 5.98. The second-order valence-corrected chi connectivity index (χ2v) is 12.8. The fourth-order valence-electron chi connectivity index (χ4n) is 7.15. The first kappa shape index (κ1) is 30.3. The van der Waals surface area contributed by atoms with Gasteiger partial charge in [-0.3, -0.25) is 0 Å². The van der Waals surface area contributed by atoms with Crippen molar-refractivity contribution >= 4 is 60.9 Å². The smallest absolute Gasteiger partial charge is 0.229 e. The average molecular weight is 639 g/mol. The third-order valence-electron chi connectivity index (χ3n) is 9.50. The second-order valence-electron chi connectivity index (χ2n) is 12.8. The van der Waals surface area contributed by atoms with Gasteiger partial charge < -0.3 is 16.0 Å². The standard InChI is InChI=1S/C43H38N6/c1-27(34-24-12-18-30-14-4-8-20-36(30)34)44-41-47-42(45-28(2)35-25-13-19-31-15-5-9-21-37(31)35)49-43(48-41)46-29(3)40-38-22-10-6-16-32(38)26-33-17-7-11-23-39(33)40/h4-29H,1-3H3,(H3,44,45,46,47,48,49)/t27-,28-,29-/m1/s1. The van der Waals surface area contributed by atoms with E-state index in [2.05, 4.69) is 176 Å². The maximum Gasteiger partial charge on any atom is 0.229 e. The summed E-state index contributed by atoms with van der Waals surface area (Å²) in [4.78, 5) is 14.8. The van der Waals surface area contributed by atoms with Gasteiger partial charge in [-0.25, -0.2) is 0 Å². The number of benzene rings is 7. The zero-order chi connectivity index (χ0) is 33.3. The van der Waals surface area contributed by atoms with Gasteiger partial charge in [0.05, 0.1) is 18.1 Å². The molecule has 0 saturated heterocycles. The molecule has 6 nitrogen and oxygen atoms in total. The van der Waals surface area contributed by atoms with Crippen LogP contribution in [-0.2, 0) is 0 Å². The van der Waals surface area contributed by atoms with E-state index in [1.807, 2.05) is 0 Å². The zero-order valence-corrected chi connectivity index (χ0v) is 27.9. The first-order chi connectivity index (χ1) is 24.0. The number of aromatic nitrogens is 3. The Balaban J connectivity index is 1.18. The minimum Gasteiger partial charge on any atom is -0.347 e. The van der Waals surface area contributed by atoms with E-state index in [4.69, 9.17) is 15.0 Å². The maximum atomic E-state index is 4.95. The highest BCUT2D eigenvalue weighted by atomic mass is 15.3. The fourth-order valence-corrected chi connectivity index (χ4v) is 7.15. The summed E-state index contributed by atoms with van der Waals surface area (Å²) in [6.45, 7) is 6.47. The number of hydrogen-bond acceptors (Lipinski definition) is 6. The highest BCUT2D eigenvalue weighted by Gasteiger charge is 2.19. The molecule has 6 heteroatoms. The molecule has 3 atom stereocenters. The molecule has 49 heavy (non-hydrogen) atoms. The van der Waals surface area contributed by atoms with Crippen LogP contribution in [0.3, 0.4) is 0 Å². The average Bonchev–Trinajstić information content (AvgIpc) is 3.13. The summed E-state index contributed by atoms with van der Waals surface area (Å²) in [7, 11) is 0. The van der Waals surface area contributed by atoms with Crippen molar-refractivity contribution in [1.29, 1.82) is 0 Å². The van der Waals surface area contributed by atoms with Crippen LogP contribution in [0.2, 0.25) is 0 Å². The summed E-state index contributed by atoms with van der Waals surface area (Å²) >= 11 is 0. The Bertz CT molecular complexity index is 2290. The number of fused-ring (bicyclic) bond motifs is 4. The summed E-state index contributed by atoms with van der Waals surface area (Å²) in [5.41, 5.74) is 3.58. The molecular weight excluding hydrogens is 601 g/mol. The topological polar surface area (TPSA) is 74.8 Å². The fraction of sp³-hybridized carbons (Fsp3) is 0.140. The molecule has 1 heterocycles. The van der Waals surface area contributed by atoms with Gasteiger partial charge in [-0.15, -0.1) is 0 Å². The monoisotopic (exact) mass is 638 g/mol. The van der Waals surface area contributed by atoms with E-state index in [0.29, 0.717) is 17.8 Å². The van der Waals surface area contributed by atoms with Crippen molar-refractivity contribution in [2.75, 3.05) is 16.0 Å². The molecule has 8 aromatic rings. The van der Waals surface area contributed by atoms with Crippen LogP contribution in [0.1, 0.15) is 55.6 Å². The lowest BCUT2D eigenvalue weighted by atomic mass is 9.93. The summed E-state index contributed by atoms with van der Waals surface area (Å²) in [5.74, 6) is 1.50. The highest BCUT2D eigenvalue weighted by Crippen LogP contribution is 2.35. The molecule has 0 aliphatic heterocycles. The molecule has 0 saturated carbocycles. The molecule has 7 aromatic carbocycles. The van der Waals surface area contributed by atoms with Crippen molar-refractivity contribution in [3.05, 3.63) is 156 Å². The van der Waals surface area contributed by atoms with Crippen molar-refractivity contribution in [3.8, 4) is 0 Å². The first-order valence-electron chi connectivity index (χ1n) is 16.9. The summed E-state index contributed by atoms with van der Waals surface area (Å²) in [6.07, 6.45) is 0. The van der Waals surface area contributed by atoms with E-state index in [1.165, 1.54) is 59.8 Å². The minimum atomic E-state index is -0.0925. The largest absolute Gasteiger partial charge is 0.347 e. The Hall–Kier alpha value is -6.01. The van der Waals surface area contributed by atoms with Crippen LogP contribution in [0.4, 0.5) is 17.8 Å². The SMILES string of the molecule is C[C@@H](Nc1nc(N[C@H](C)c2cccc3ccccc23)nc(N[C@H](C)c2c3ccccc3cc3ccccc23)n1)c1cccc2ccccc12. The molecule has 0 bridgehead atoms. The molecule has 240 valence electrons. The van der Waals surface area contributed by atoms with Crippen LogP contribution in [0.15, 0.2) is 140 Å². The molecule has 0 radical (unpaired) electrons. The quantitative estimate of drug-likeness (QED) is 0.137. The lowest BCUT2D eigenvalue weighted by Crippen LogP contribution is -2.17. The van der Waals surface area contributed by atoms with Crippen LogP contribution in [0.25, 0.3) is 43.1 Å². The van der Waals surface area contributed by atoms with E-state index >= 15 is 0 Å². The summed E-state index contributed by atoms with van der Waals surface area (Å²) < 4.78 is 0. The zero-order valence-electron chi connectivity index (χ0n) is 27.9. The van der Waals surface area contributed by atoms with E-state index in [9.17, 15) is 0 Å². The van der Waals surface area contributed by atoms with E-state index in [0.717, 1.165) is 0 Å². The van der Waals surface area contributed by atoms with Crippen molar-refractivity contribution < 1.29 is 0 Å². The summed E-state index contributed by atoms with van der Waals surface area (Å²) in [5, 5.41) is 20.5. The van der Waals surface area contributed by atoms with Crippen LogP contribution in [-0.4, -0.2) is 15.0 Å². The van der Waals surface area contributed by atoms with E-state index in [1.54, 1.807) is 0 Å². The lowest BCUT2D eigenvalue weighted by Gasteiger charge is -2.22. The lowest BCUT2D eigenvalue weighted by molar-refractivity contribution is 0.824. The Morgan fingerprint density at radius 3 is 1.16 bits per heavy atom. The van der Waals surface area contributed by atoms with Gasteiger partial charge in [0.1, 0.15) is 0 Å². The van der Waals surface area contributed by atoms with Crippen molar-refractivity contribution in [2.45, 2.75) is 38.9 Å². The van der Waals surface area contributed by atoms with Crippen LogP contribution in [0.5, 0.6) is 0 Å². The van der Waals surface area contributed by atoms with Crippen molar-refractivity contribution in [1.82, 2.24) is 15.0 Å². The number of hydrogen-bond donors (Lipinski definition) is 3. The van der Waals surface area contributed by atoms with Gasteiger partial charge in [-0.1, -0.05) is 133 Å². The van der Waals surface area contributed by atoms with Crippen molar-refractivity contribution in [3.63, 3.8) is 0 Å². The second kappa shape index (κ2) is 12.9. The normalized spacial score (nSPS) is 13.4. The molecule has 0 unspecified atom stereocenters. The minimum absolute atomic E-state index is 0.0517. The summed E-state index contributed by atoms with van der Waals surface area (Å²) in [6, 6.07) is 48.9. The van der Waals surface area contributed by atoms with Gasteiger partial charge in [-0.2, -0.15) is 15.0 Å². The van der Waals surface area contributed by atoms with Gasteiger partial charge in [0.25, 0.3) is 0 Å². The highest BCUT2D eigenvalue weighted by molar-refractivity contribution is 6.03. The van der Waals surface area contributed by atoms with Gasteiger partial charge in [0, 0.05) is 0 Å². The van der Waals surface area contributed by atoms with Gasteiger partial charge >= 0.3 is 0 Å². The molecule has 3 N–H and O–H groups in total. The predicted octanol–water partition coefficient (Wildman–Crippen LogP) is 11.0. The molecule has 0 fully saturated rings. The molecule has 0 amide bonds. The van der Waals surface area contributed by atoms with Crippen LogP contribution in [0, 0.1) is 0 Å². The van der Waals surface area contributed by atoms with E-state index in [-0.39, 0.29) is 18.1 Å². The molecule has 0 aliphatic rings. The Kier molecular flexibility index (Phi) is 7.98. The Morgan fingerprint density at radius 1 is 0.367 bits per heavy atom. The number of rotatable bonds is 9. The van der Waals surface area contributed by atoms with Gasteiger partial charge in [0.2, 0.25) is 17.8 Å². The molecular formula is C43H38N6.